The molecular formula is C10H10FN3O4S. The van der Waals surface area contributed by atoms with Crippen molar-refractivity contribution in [3.63, 3.8) is 0 Å². The number of anilines is 1. The maximum Gasteiger partial charge on any atom is 0.244 e. The van der Waals surface area contributed by atoms with Gasteiger partial charge >= 0.3 is 0 Å². The molecule has 0 atom stereocenters. The van der Waals surface area contributed by atoms with Gasteiger partial charge in [0.25, 0.3) is 0 Å². The van der Waals surface area contributed by atoms with Crippen molar-refractivity contribution in [3.05, 3.63) is 24.0 Å². The van der Waals surface area contributed by atoms with Gasteiger partial charge in [-0.25, -0.2) is 12.8 Å². The number of piperazine rings is 1. The molecule has 1 heterocycles. The molecule has 3 N–H and O–H groups in total. The summed E-state index contributed by atoms with van der Waals surface area (Å²) >= 11 is 0. The molecule has 9 heteroatoms. The van der Waals surface area contributed by atoms with E-state index in [4.69, 9.17) is 5.73 Å². The average Bonchev–Trinajstić information content (AvgIpc) is 2.31. The summed E-state index contributed by atoms with van der Waals surface area (Å²) in [6.07, 6.45) is 0. The molecule has 102 valence electrons. The van der Waals surface area contributed by atoms with Crippen LogP contribution in [0.4, 0.5) is 10.1 Å². The second-order valence-corrected chi connectivity index (χ2v) is 5.87. The Hall–Kier alpha value is -2.00. The van der Waals surface area contributed by atoms with Crippen LogP contribution >= 0.6 is 0 Å². The van der Waals surface area contributed by atoms with Crippen LogP contribution in [0.1, 0.15) is 0 Å². The quantitative estimate of drug-likeness (QED) is 0.538. The number of nitrogens with one attached hydrogen (secondary N) is 1. The molecule has 1 aliphatic rings. The van der Waals surface area contributed by atoms with Gasteiger partial charge in [0.1, 0.15) is 5.82 Å². The van der Waals surface area contributed by atoms with Crippen LogP contribution in [-0.4, -0.2) is 37.6 Å². The third-order valence-corrected chi connectivity index (χ3v) is 4.31. The van der Waals surface area contributed by atoms with Crippen molar-refractivity contribution >= 4 is 27.5 Å². The van der Waals surface area contributed by atoms with E-state index < -0.39 is 40.7 Å². The van der Waals surface area contributed by atoms with Gasteiger partial charge in [0.15, 0.2) is 0 Å². The molecule has 1 aromatic rings. The molecule has 1 aromatic carbocycles. The second-order valence-electron chi connectivity index (χ2n) is 3.93. The highest BCUT2D eigenvalue weighted by molar-refractivity contribution is 7.89. The molecule has 1 saturated heterocycles. The highest BCUT2D eigenvalue weighted by atomic mass is 32.2. The number of carbonyl (C=O) groups is 2. The molecule has 0 unspecified atom stereocenters. The predicted molar refractivity (Wildman–Crippen MR) is 62.7 cm³/mol. The number of nitrogens with zero attached hydrogens (tertiary/aromatic N) is 1. The first-order chi connectivity index (χ1) is 8.80. The van der Waals surface area contributed by atoms with Crippen molar-refractivity contribution in [2.24, 2.45) is 0 Å². The fraction of sp³-hybridized carbons (Fsp3) is 0.200. The van der Waals surface area contributed by atoms with Crippen LogP contribution in [0.5, 0.6) is 0 Å². The Kier molecular flexibility index (Phi) is 3.25. The minimum atomic E-state index is -4.06. The van der Waals surface area contributed by atoms with Crippen LogP contribution in [0.15, 0.2) is 23.1 Å². The number of rotatable bonds is 2. The van der Waals surface area contributed by atoms with Crippen molar-refractivity contribution in [1.29, 1.82) is 0 Å². The Balaban J connectivity index is 2.39. The van der Waals surface area contributed by atoms with Crippen molar-refractivity contribution in [2.45, 2.75) is 4.90 Å². The Morgan fingerprint density at radius 2 is 1.79 bits per heavy atom. The molecule has 0 aromatic heterocycles. The van der Waals surface area contributed by atoms with Gasteiger partial charge in [-0.3, -0.25) is 14.9 Å². The van der Waals surface area contributed by atoms with Crippen molar-refractivity contribution < 1.29 is 22.4 Å². The standard InChI is InChI=1S/C10H10FN3O4S/c11-7-2-1-6(3-8(7)12)19(17,18)14-4-9(15)13-10(16)5-14/h1-3H,4-5,12H2,(H,13,15,16). The summed E-state index contributed by atoms with van der Waals surface area (Å²) in [5.41, 5.74) is 4.97. The smallest absolute Gasteiger partial charge is 0.244 e. The van der Waals surface area contributed by atoms with Crippen molar-refractivity contribution in [2.75, 3.05) is 18.8 Å². The van der Waals surface area contributed by atoms with E-state index in [1.807, 2.05) is 5.32 Å². The summed E-state index contributed by atoms with van der Waals surface area (Å²) in [6.45, 7) is -0.934. The van der Waals surface area contributed by atoms with Crippen LogP contribution in [0.3, 0.4) is 0 Å². The number of nitrogens with two attached hydrogens (primary N) is 1. The summed E-state index contributed by atoms with van der Waals surface area (Å²) in [5, 5.41) is 1.98. The normalized spacial score (nSPS) is 17.3. The molecule has 2 rings (SSSR count). The van der Waals surface area contributed by atoms with Gasteiger partial charge in [-0.1, -0.05) is 0 Å². The lowest BCUT2D eigenvalue weighted by Crippen LogP contribution is -2.53. The molecule has 19 heavy (non-hydrogen) atoms. The van der Waals surface area contributed by atoms with Crippen LogP contribution in [-0.2, 0) is 19.6 Å². The maximum absolute atomic E-state index is 13.0. The van der Waals surface area contributed by atoms with E-state index in [0.717, 1.165) is 18.2 Å². The van der Waals surface area contributed by atoms with Gasteiger partial charge in [-0.2, -0.15) is 4.31 Å². The summed E-state index contributed by atoms with van der Waals surface area (Å²) < 4.78 is 38.0. The third-order valence-electron chi connectivity index (χ3n) is 2.52. The number of sulfonamides is 1. The number of hydrogen-bond acceptors (Lipinski definition) is 5. The third kappa shape index (κ3) is 2.56. The minimum absolute atomic E-state index is 0.270. The van der Waals surface area contributed by atoms with E-state index in [1.165, 1.54) is 0 Å². The first-order valence-corrected chi connectivity index (χ1v) is 6.62. The summed E-state index contributed by atoms with van der Waals surface area (Å²) in [5.74, 6) is -2.17. The maximum atomic E-state index is 13.0. The summed E-state index contributed by atoms with van der Waals surface area (Å²) in [6, 6.07) is 2.88. The van der Waals surface area contributed by atoms with Crippen molar-refractivity contribution in [1.82, 2.24) is 9.62 Å². The Bertz CT molecular complexity index is 643. The van der Waals surface area contributed by atoms with E-state index in [-0.39, 0.29) is 10.6 Å². The van der Waals surface area contributed by atoms with Crippen molar-refractivity contribution in [3.8, 4) is 0 Å². The van der Waals surface area contributed by atoms with E-state index in [1.54, 1.807) is 0 Å². The SMILES string of the molecule is Nc1cc(S(=O)(=O)N2CC(=O)NC(=O)C2)ccc1F. The van der Waals surface area contributed by atoms with E-state index >= 15 is 0 Å². The molecule has 0 saturated carbocycles. The van der Waals surface area contributed by atoms with Gasteiger partial charge in [-0.05, 0) is 18.2 Å². The summed E-state index contributed by atoms with van der Waals surface area (Å²) in [7, 11) is -4.06. The number of nitrogen functional groups attached to an aromatic ring is 1. The predicted octanol–water partition coefficient (Wildman–Crippen LogP) is -0.945. The van der Waals surface area contributed by atoms with Gasteiger partial charge < -0.3 is 5.73 Å². The zero-order valence-electron chi connectivity index (χ0n) is 9.59. The number of halogens is 1. The first-order valence-electron chi connectivity index (χ1n) is 5.18. The van der Waals surface area contributed by atoms with E-state index in [2.05, 4.69) is 0 Å². The molecule has 2 amide bonds. The monoisotopic (exact) mass is 287 g/mol. The molecule has 7 nitrogen and oxygen atoms in total. The fourth-order valence-corrected chi connectivity index (χ4v) is 3.00. The highest BCUT2D eigenvalue weighted by Gasteiger charge is 2.33. The zero-order chi connectivity index (χ0) is 14.2. The molecule has 0 radical (unpaired) electrons. The minimum Gasteiger partial charge on any atom is -0.396 e. The lowest BCUT2D eigenvalue weighted by atomic mass is 10.3. The Morgan fingerprint density at radius 3 is 2.32 bits per heavy atom. The Labute approximate surface area is 108 Å². The topological polar surface area (TPSA) is 110 Å². The number of benzene rings is 1. The lowest BCUT2D eigenvalue weighted by Gasteiger charge is -2.24. The molecular weight excluding hydrogens is 277 g/mol. The van der Waals surface area contributed by atoms with Crippen LogP contribution in [0, 0.1) is 5.82 Å². The van der Waals surface area contributed by atoms with Gasteiger partial charge in [0.2, 0.25) is 21.8 Å². The fourth-order valence-electron chi connectivity index (χ4n) is 1.61. The van der Waals surface area contributed by atoms with Gasteiger partial charge in [0.05, 0.1) is 23.7 Å². The van der Waals surface area contributed by atoms with Crippen LogP contribution in [0.2, 0.25) is 0 Å². The average molecular weight is 287 g/mol. The number of hydrogen-bond donors (Lipinski definition) is 2. The molecule has 0 bridgehead atoms. The largest absolute Gasteiger partial charge is 0.396 e. The number of carbonyl (C=O) groups excluding carboxylic acids is 2. The molecule has 0 spiro atoms. The number of imide groups is 1. The summed E-state index contributed by atoms with van der Waals surface area (Å²) in [4.78, 5) is 22.1. The first kappa shape index (κ1) is 13.4. The Morgan fingerprint density at radius 1 is 1.21 bits per heavy atom. The zero-order valence-corrected chi connectivity index (χ0v) is 10.4. The van der Waals surface area contributed by atoms with Crippen LogP contribution < -0.4 is 11.1 Å². The second kappa shape index (κ2) is 4.59. The highest BCUT2D eigenvalue weighted by Crippen LogP contribution is 2.20. The molecule has 0 aliphatic carbocycles. The van der Waals surface area contributed by atoms with E-state index in [9.17, 15) is 22.4 Å². The van der Waals surface area contributed by atoms with Crippen LogP contribution in [0.25, 0.3) is 0 Å². The van der Waals surface area contributed by atoms with Gasteiger partial charge in [0, 0.05) is 0 Å². The van der Waals surface area contributed by atoms with Gasteiger partial charge in [-0.15, -0.1) is 0 Å². The lowest BCUT2D eigenvalue weighted by molar-refractivity contribution is -0.134. The molecule has 1 fully saturated rings. The van der Waals surface area contributed by atoms with E-state index in [0.29, 0.717) is 4.31 Å². The molecule has 1 aliphatic heterocycles. The number of amides is 2.